The Morgan fingerprint density at radius 3 is 1.32 bits per heavy atom. The van der Waals surface area contributed by atoms with Gasteiger partial charge in [0.2, 0.25) is 0 Å². The molecule has 0 fully saturated rings. The molecule has 0 saturated heterocycles. The molecule has 5 nitrogen and oxygen atoms in total. The maximum atomic E-state index is 7.25. The van der Waals surface area contributed by atoms with E-state index in [0.717, 1.165) is 106 Å². The van der Waals surface area contributed by atoms with Gasteiger partial charge in [0.1, 0.15) is 27.9 Å². The monoisotopic (exact) mass is 870 g/mol. The molecule has 13 aromatic rings. The van der Waals surface area contributed by atoms with E-state index in [1.54, 1.807) is 0 Å². The molecule has 0 aliphatic heterocycles. The van der Waals surface area contributed by atoms with E-state index < -0.39 is 5.41 Å². The third-order valence-electron chi connectivity index (χ3n) is 14.4. The summed E-state index contributed by atoms with van der Waals surface area (Å²) < 4.78 is 20.7. The van der Waals surface area contributed by atoms with Gasteiger partial charge in [-0.2, -0.15) is 0 Å². The topological polar surface area (TPSA) is 45.9 Å². The highest BCUT2D eigenvalue weighted by atomic mass is 16.3. The fraction of sp³-hybridized carbons (Fsp3) is 0.0159. The zero-order chi connectivity index (χ0) is 44.5. The van der Waals surface area contributed by atoms with Gasteiger partial charge in [-0.15, -0.1) is 0 Å². The first-order chi connectivity index (χ1) is 33.7. The Balaban J connectivity index is 0.972. The second-order valence-electron chi connectivity index (χ2n) is 17.9. The normalized spacial score (nSPS) is 14.5. The van der Waals surface area contributed by atoms with E-state index >= 15 is 0 Å². The summed E-state index contributed by atoms with van der Waals surface area (Å²) in [7, 11) is 0. The van der Waals surface area contributed by atoms with Gasteiger partial charge < -0.3 is 23.1 Å². The largest absolute Gasteiger partial charge is 0.459 e. The third kappa shape index (κ3) is 4.99. The van der Waals surface area contributed by atoms with Crippen molar-refractivity contribution in [1.82, 2.24) is 0 Å². The molecule has 0 radical (unpaired) electrons. The molecule has 5 heteroatoms. The number of fused-ring (bicyclic) bond motifs is 18. The number of furan rings is 3. The summed E-state index contributed by atoms with van der Waals surface area (Å²) in [6.07, 6.45) is 0. The number of anilines is 6. The van der Waals surface area contributed by atoms with Crippen LogP contribution in [0, 0.1) is 0 Å². The quantitative estimate of drug-likeness (QED) is 0.167. The van der Waals surface area contributed by atoms with Gasteiger partial charge in [-0.3, -0.25) is 0 Å². The molecule has 318 valence electrons. The van der Waals surface area contributed by atoms with Crippen molar-refractivity contribution < 1.29 is 13.3 Å². The highest BCUT2D eigenvalue weighted by Crippen LogP contribution is 2.65. The first-order valence-corrected chi connectivity index (χ1v) is 23.2. The van der Waals surface area contributed by atoms with Gasteiger partial charge in [-0.05, 0) is 112 Å². The van der Waals surface area contributed by atoms with Crippen LogP contribution in [0.2, 0.25) is 0 Å². The predicted octanol–water partition coefficient (Wildman–Crippen LogP) is 17.5. The van der Waals surface area contributed by atoms with Gasteiger partial charge in [0.05, 0.1) is 11.4 Å². The van der Waals surface area contributed by atoms with E-state index in [4.69, 9.17) is 13.3 Å². The van der Waals surface area contributed by atoms with E-state index in [1.807, 2.05) is 24.3 Å². The van der Waals surface area contributed by atoms with Crippen LogP contribution >= 0.6 is 0 Å². The lowest BCUT2D eigenvalue weighted by atomic mass is 9.73. The number of hydrogen-bond acceptors (Lipinski definition) is 5. The first kappa shape index (κ1) is 37.2. The van der Waals surface area contributed by atoms with E-state index in [9.17, 15) is 0 Å². The summed E-state index contributed by atoms with van der Waals surface area (Å²) in [5.41, 5.74) is 17.9. The molecule has 10 aromatic carbocycles. The van der Waals surface area contributed by atoms with Gasteiger partial charge in [-0.1, -0.05) is 152 Å². The van der Waals surface area contributed by atoms with Gasteiger partial charge in [0.15, 0.2) is 11.2 Å². The van der Waals surface area contributed by atoms with Crippen LogP contribution in [0.3, 0.4) is 0 Å². The Morgan fingerprint density at radius 1 is 0.294 bits per heavy atom. The molecule has 0 saturated carbocycles. The molecular formula is C63H38N2O3. The zero-order valence-corrected chi connectivity index (χ0v) is 36.6. The Hall–Kier alpha value is -9.06. The maximum absolute atomic E-state index is 7.25. The second-order valence-corrected chi connectivity index (χ2v) is 17.9. The van der Waals surface area contributed by atoms with Crippen LogP contribution in [0.5, 0.6) is 0 Å². The van der Waals surface area contributed by atoms with Crippen molar-refractivity contribution in [2.24, 2.45) is 0 Å². The number of para-hydroxylation sites is 7. The maximum Gasteiger partial charge on any atom is 0.159 e. The molecular weight excluding hydrogens is 833 g/mol. The van der Waals surface area contributed by atoms with Crippen LogP contribution in [0.1, 0.15) is 22.5 Å². The highest BCUT2D eigenvalue weighted by molar-refractivity contribution is 6.12. The molecule has 0 bridgehead atoms. The lowest BCUT2D eigenvalue weighted by Gasteiger charge is -2.30. The lowest BCUT2D eigenvalue weighted by Crippen LogP contribution is -2.25. The predicted molar refractivity (Wildman–Crippen MR) is 276 cm³/mol. The summed E-state index contributed by atoms with van der Waals surface area (Å²) in [5, 5.41) is 5.47. The van der Waals surface area contributed by atoms with Crippen molar-refractivity contribution in [3.05, 3.63) is 253 Å². The summed E-state index contributed by atoms with van der Waals surface area (Å²) in [6.45, 7) is 0. The van der Waals surface area contributed by atoms with Gasteiger partial charge >= 0.3 is 0 Å². The van der Waals surface area contributed by atoms with Crippen molar-refractivity contribution in [3.63, 3.8) is 0 Å². The lowest BCUT2D eigenvalue weighted by molar-refractivity contribution is 0.507. The van der Waals surface area contributed by atoms with Crippen LogP contribution in [0.25, 0.3) is 77.1 Å². The molecule has 1 spiro atoms. The molecule has 68 heavy (non-hydrogen) atoms. The Kier molecular flexibility index (Phi) is 7.64. The van der Waals surface area contributed by atoms with Crippen LogP contribution in [0.15, 0.2) is 244 Å². The van der Waals surface area contributed by atoms with Crippen LogP contribution in [-0.4, -0.2) is 0 Å². The van der Waals surface area contributed by atoms with Crippen molar-refractivity contribution in [2.45, 2.75) is 5.41 Å². The molecule has 0 amide bonds. The number of rotatable bonds is 6. The minimum atomic E-state index is -0.723. The molecule has 2 aliphatic carbocycles. The highest BCUT2D eigenvalue weighted by Gasteiger charge is 2.55. The van der Waals surface area contributed by atoms with Crippen LogP contribution in [0.4, 0.5) is 34.1 Å². The van der Waals surface area contributed by atoms with Crippen molar-refractivity contribution in [1.29, 1.82) is 0 Å². The molecule has 1 unspecified atom stereocenters. The van der Waals surface area contributed by atoms with Crippen molar-refractivity contribution >= 4 is 89.0 Å². The number of nitrogens with zero attached hydrogens (tertiary/aromatic N) is 2. The Morgan fingerprint density at radius 2 is 0.735 bits per heavy atom. The Bertz CT molecular complexity index is 4180. The van der Waals surface area contributed by atoms with Gasteiger partial charge in [-0.25, -0.2) is 0 Å². The minimum Gasteiger partial charge on any atom is -0.459 e. The number of hydrogen-bond donors (Lipinski definition) is 0. The molecule has 0 N–H and O–H groups in total. The molecule has 1 atom stereocenters. The van der Waals surface area contributed by atoms with Crippen LogP contribution in [-0.2, 0) is 5.41 Å². The molecule has 3 aromatic heterocycles. The van der Waals surface area contributed by atoms with E-state index in [2.05, 4.69) is 216 Å². The average molecular weight is 871 g/mol. The zero-order valence-electron chi connectivity index (χ0n) is 36.6. The smallest absolute Gasteiger partial charge is 0.159 e. The molecule has 15 rings (SSSR count). The first-order valence-electron chi connectivity index (χ1n) is 23.2. The second kappa shape index (κ2) is 14.0. The fourth-order valence-corrected chi connectivity index (χ4v) is 11.7. The Labute approximate surface area is 390 Å². The number of benzene rings is 10. The molecule has 3 heterocycles. The van der Waals surface area contributed by atoms with Crippen LogP contribution < -0.4 is 9.80 Å². The fourth-order valence-electron chi connectivity index (χ4n) is 11.7. The van der Waals surface area contributed by atoms with E-state index in [1.165, 1.54) is 27.8 Å². The summed E-state index contributed by atoms with van der Waals surface area (Å²) >= 11 is 0. The summed E-state index contributed by atoms with van der Waals surface area (Å²) in [6, 6.07) is 82.1. The van der Waals surface area contributed by atoms with Crippen molar-refractivity contribution in [2.75, 3.05) is 9.80 Å². The van der Waals surface area contributed by atoms with Gasteiger partial charge in [0, 0.05) is 55.2 Å². The van der Waals surface area contributed by atoms with Gasteiger partial charge in [0.25, 0.3) is 0 Å². The average Bonchev–Trinajstić information content (AvgIpc) is 4.20. The SMILES string of the molecule is c1ccc(N(c2ccc3c(c2)-c2ccccc2C32c3ccc(N(c4ccccc4)c4cccc5c4oc4ccccc45)cc3-c3c2oc2ccccc32)c2cccc3c2oc2ccccc23)cc1. The summed E-state index contributed by atoms with van der Waals surface area (Å²) in [4.78, 5) is 4.67. The van der Waals surface area contributed by atoms with E-state index in [0.29, 0.717) is 0 Å². The van der Waals surface area contributed by atoms with E-state index in [-0.39, 0.29) is 0 Å². The molecule has 2 aliphatic rings. The summed E-state index contributed by atoms with van der Waals surface area (Å²) in [5.74, 6) is 0.947. The van der Waals surface area contributed by atoms with Crippen molar-refractivity contribution in [3.8, 4) is 22.3 Å². The minimum absolute atomic E-state index is 0.723. The standard InChI is InChI=1S/C63H38N2O3/c1-3-17-39(18-4-1)64(54-28-15-25-46-44-22-8-12-30-56(44)66-60(46)54)41-33-35-52-49(37-41)43-21-7-11-27-51(43)63(52)53-36-34-42(38-50(53)59-48-24-10-14-32-58(48)68-62(59)63)65(40-19-5-2-6-20-40)55-29-16-26-47-45-23-9-13-31-57(45)67-61(47)55/h1-38H. The third-order valence-corrected chi connectivity index (χ3v) is 14.4.